The molecule has 1 aliphatic rings. The van der Waals surface area contributed by atoms with E-state index in [4.69, 9.17) is 10.8 Å². The number of aliphatic carboxylic acids is 1. The van der Waals surface area contributed by atoms with Crippen LogP contribution in [0.2, 0.25) is 0 Å². The van der Waals surface area contributed by atoms with E-state index in [1.807, 2.05) is 4.90 Å². The molecule has 2 atom stereocenters. The average Bonchev–Trinajstić information content (AvgIpc) is 2.69. The van der Waals surface area contributed by atoms with Gasteiger partial charge in [-0.15, -0.1) is 0 Å². The highest BCUT2D eigenvalue weighted by Crippen LogP contribution is 2.24. The van der Waals surface area contributed by atoms with Crippen molar-refractivity contribution in [2.75, 3.05) is 31.5 Å². The number of unbranched alkanes of at least 4 members (excludes halogenated alkanes) is 2. The van der Waals surface area contributed by atoms with Gasteiger partial charge in [0.2, 0.25) is 0 Å². The molecule has 2 amide bonds. The first-order chi connectivity index (χ1) is 14.6. The average molecular weight is 438 g/mol. The summed E-state index contributed by atoms with van der Waals surface area (Å²) in [6.07, 6.45) is 2.52. The fraction of sp³-hybridized carbons (Fsp3) is 0.600. The van der Waals surface area contributed by atoms with E-state index in [0.29, 0.717) is 51.9 Å². The van der Waals surface area contributed by atoms with Gasteiger partial charge in [-0.05, 0) is 31.9 Å². The normalized spacial score (nSPS) is 17.6. The fourth-order valence-corrected chi connectivity index (χ4v) is 4.01. The number of hydrogen-bond acceptors (Lipinski definition) is 6. The van der Waals surface area contributed by atoms with Crippen molar-refractivity contribution in [3.05, 3.63) is 30.1 Å². The molecule has 11 heteroatoms. The van der Waals surface area contributed by atoms with Crippen molar-refractivity contribution in [3.8, 4) is 0 Å². The van der Waals surface area contributed by atoms with Crippen LogP contribution in [0.4, 0.5) is 14.9 Å². The monoisotopic (exact) mass is 438 g/mol. The van der Waals surface area contributed by atoms with Crippen LogP contribution >= 0.6 is 0 Å². The van der Waals surface area contributed by atoms with Crippen LogP contribution in [0.1, 0.15) is 39.0 Å². The second kappa shape index (κ2) is 11.4. The lowest BCUT2D eigenvalue weighted by Gasteiger charge is -2.45. The van der Waals surface area contributed by atoms with Crippen molar-refractivity contribution in [1.82, 2.24) is 9.80 Å². The van der Waals surface area contributed by atoms with E-state index >= 15 is 0 Å². The van der Waals surface area contributed by atoms with Crippen LogP contribution in [0.3, 0.4) is 0 Å². The van der Waals surface area contributed by atoms with Crippen LogP contribution in [0, 0.1) is 5.82 Å². The van der Waals surface area contributed by atoms with E-state index in [1.165, 1.54) is 12.1 Å². The Morgan fingerprint density at radius 2 is 1.84 bits per heavy atom. The molecule has 1 aromatic rings. The summed E-state index contributed by atoms with van der Waals surface area (Å²) < 4.78 is 13.8. The summed E-state index contributed by atoms with van der Waals surface area (Å²) in [6, 6.07) is 5.51. The Morgan fingerprint density at radius 1 is 1.19 bits per heavy atom. The van der Waals surface area contributed by atoms with Crippen LogP contribution in [0.15, 0.2) is 24.3 Å². The number of carboxylic acids is 1. The molecule has 1 fully saturated rings. The van der Waals surface area contributed by atoms with Crippen molar-refractivity contribution >= 4 is 24.8 Å². The minimum atomic E-state index is -1.66. The van der Waals surface area contributed by atoms with Gasteiger partial charge in [0.05, 0.1) is 11.6 Å². The third kappa shape index (κ3) is 7.46. The molecule has 0 radical (unpaired) electrons. The number of carboxylic acid groups (broad SMARTS) is 1. The number of piperazine rings is 1. The largest absolute Gasteiger partial charge is 0.481 e. The van der Waals surface area contributed by atoms with Crippen molar-refractivity contribution < 1.29 is 29.1 Å². The predicted molar refractivity (Wildman–Crippen MR) is 116 cm³/mol. The molecular formula is C20H32BFN4O5. The third-order valence-electron chi connectivity index (χ3n) is 5.67. The number of nitrogens with two attached hydrogens (primary N) is 1. The van der Waals surface area contributed by atoms with E-state index in [2.05, 4.69) is 5.32 Å². The number of carbonyl (C=O) groups excluding carboxylic acids is 1. The summed E-state index contributed by atoms with van der Waals surface area (Å²) >= 11 is 0. The summed E-state index contributed by atoms with van der Waals surface area (Å²) in [4.78, 5) is 26.5. The zero-order chi connectivity index (χ0) is 23.0. The van der Waals surface area contributed by atoms with Crippen LogP contribution in [0.25, 0.3) is 0 Å². The Morgan fingerprint density at radius 3 is 2.42 bits per heavy atom. The maximum Gasteiger partial charge on any atom is 0.471 e. The first-order valence-corrected chi connectivity index (χ1v) is 10.5. The molecule has 31 heavy (non-hydrogen) atoms. The lowest BCUT2D eigenvalue weighted by Crippen LogP contribution is -2.67. The number of amides is 2. The Labute approximate surface area is 182 Å². The molecule has 1 aromatic carbocycles. The molecule has 6 N–H and O–H groups in total. The number of rotatable bonds is 10. The second-order valence-corrected chi connectivity index (χ2v) is 8.25. The van der Waals surface area contributed by atoms with Gasteiger partial charge < -0.3 is 31.1 Å². The van der Waals surface area contributed by atoms with Gasteiger partial charge in [0, 0.05) is 38.1 Å². The SMILES string of the molecule is CC(N)(CCCCCC(=O)O)C(B(O)O)N1CCN(C(=O)Nc2ccccc2F)CC1. The Kier molecular flexibility index (Phi) is 9.23. The topological polar surface area (TPSA) is 139 Å². The first-order valence-electron chi connectivity index (χ1n) is 10.5. The highest BCUT2D eigenvalue weighted by Gasteiger charge is 2.43. The predicted octanol–water partition coefficient (Wildman–Crippen LogP) is 1.11. The zero-order valence-electron chi connectivity index (χ0n) is 17.8. The van der Waals surface area contributed by atoms with Gasteiger partial charge in [0.25, 0.3) is 0 Å². The summed E-state index contributed by atoms with van der Waals surface area (Å²) in [6.45, 7) is 3.19. The van der Waals surface area contributed by atoms with Gasteiger partial charge in [0.1, 0.15) is 5.82 Å². The van der Waals surface area contributed by atoms with E-state index in [9.17, 15) is 24.0 Å². The minimum Gasteiger partial charge on any atom is -0.481 e. The van der Waals surface area contributed by atoms with Crippen LogP contribution in [-0.4, -0.2) is 81.7 Å². The summed E-state index contributed by atoms with van der Waals surface area (Å²) in [7, 11) is -1.66. The van der Waals surface area contributed by atoms with Gasteiger partial charge >= 0.3 is 19.1 Å². The molecule has 0 aromatic heterocycles. The molecule has 172 valence electrons. The van der Waals surface area contributed by atoms with Crippen molar-refractivity contribution in [2.45, 2.75) is 50.5 Å². The van der Waals surface area contributed by atoms with E-state index in [0.717, 1.165) is 0 Å². The molecular weight excluding hydrogens is 406 g/mol. The number of nitrogens with one attached hydrogen (secondary N) is 1. The molecule has 1 heterocycles. The second-order valence-electron chi connectivity index (χ2n) is 8.25. The number of urea groups is 1. The summed E-state index contributed by atoms with van der Waals surface area (Å²) in [5.74, 6) is -2.08. The van der Waals surface area contributed by atoms with E-state index < -0.39 is 36.4 Å². The Hall–Kier alpha value is -2.21. The minimum absolute atomic E-state index is 0.101. The molecule has 0 aliphatic carbocycles. The zero-order valence-corrected chi connectivity index (χ0v) is 17.8. The Balaban J connectivity index is 1.89. The van der Waals surface area contributed by atoms with Crippen LogP contribution in [0.5, 0.6) is 0 Å². The summed E-state index contributed by atoms with van der Waals surface area (Å²) in [5.41, 5.74) is 5.64. The first kappa shape index (κ1) is 25.1. The Bertz CT molecular complexity index is 744. The van der Waals surface area contributed by atoms with E-state index in [-0.39, 0.29) is 12.1 Å². The van der Waals surface area contributed by atoms with Crippen molar-refractivity contribution in [3.63, 3.8) is 0 Å². The smallest absolute Gasteiger partial charge is 0.471 e. The number of hydrogen-bond donors (Lipinski definition) is 5. The van der Waals surface area contributed by atoms with Gasteiger partial charge in [-0.1, -0.05) is 25.0 Å². The number of benzene rings is 1. The maximum atomic E-state index is 13.8. The molecule has 0 saturated carbocycles. The number of anilines is 1. The molecule has 1 aliphatic heterocycles. The van der Waals surface area contributed by atoms with Gasteiger partial charge in [-0.3, -0.25) is 9.69 Å². The number of halogens is 1. The van der Waals surface area contributed by atoms with Crippen LogP contribution < -0.4 is 11.1 Å². The quantitative estimate of drug-likeness (QED) is 0.272. The van der Waals surface area contributed by atoms with Gasteiger partial charge in [0.15, 0.2) is 0 Å². The molecule has 9 nitrogen and oxygen atoms in total. The number of nitrogens with zero attached hydrogens (tertiary/aromatic N) is 2. The lowest BCUT2D eigenvalue weighted by molar-refractivity contribution is -0.137. The third-order valence-corrected chi connectivity index (χ3v) is 5.67. The van der Waals surface area contributed by atoms with E-state index in [1.54, 1.807) is 24.0 Å². The van der Waals surface area contributed by atoms with Crippen molar-refractivity contribution in [2.24, 2.45) is 5.73 Å². The summed E-state index contributed by atoms with van der Waals surface area (Å²) in [5, 5.41) is 31.3. The highest BCUT2D eigenvalue weighted by molar-refractivity contribution is 6.43. The molecule has 1 saturated heterocycles. The molecule has 0 spiro atoms. The fourth-order valence-electron chi connectivity index (χ4n) is 4.01. The van der Waals surface area contributed by atoms with Crippen molar-refractivity contribution in [1.29, 1.82) is 0 Å². The standard InChI is InChI=1S/C20H32BFN4O5/c1-20(23,10-6-2-3-9-17(27)28)18(21(30)31)25-11-13-26(14-12-25)19(29)24-16-8-5-4-7-15(16)22/h4-5,7-8,18,30-31H,2-3,6,9-14,23H2,1H3,(H,24,29)(H,27,28). The van der Waals surface area contributed by atoms with Gasteiger partial charge in [-0.2, -0.15) is 0 Å². The highest BCUT2D eigenvalue weighted by atomic mass is 19.1. The molecule has 2 unspecified atom stereocenters. The number of carbonyl (C=O) groups is 2. The maximum absolute atomic E-state index is 13.8. The molecule has 2 rings (SSSR count). The van der Waals surface area contributed by atoms with Crippen LogP contribution in [-0.2, 0) is 4.79 Å². The van der Waals surface area contributed by atoms with Gasteiger partial charge in [-0.25, -0.2) is 9.18 Å². The lowest BCUT2D eigenvalue weighted by atomic mass is 9.65. The number of para-hydroxylation sites is 1. The molecule has 0 bridgehead atoms.